The Morgan fingerprint density at radius 1 is 0.966 bits per heavy atom. The van der Waals surface area contributed by atoms with E-state index in [1.807, 2.05) is 48.5 Å². The lowest BCUT2D eigenvalue weighted by Crippen LogP contribution is -2.44. The molecule has 0 bridgehead atoms. The van der Waals surface area contributed by atoms with Gasteiger partial charge in [-0.1, -0.05) is 48.6 Å². The fraction of sp³-hybridized carbons (Fsp3) is 0.318. The second-order valence-corrected chi connectivity index (χ2v) is 6.74. The van der Waals surface area contributed by atoms with Crippen LogP contribution in [0.4, 0.5) is 4.79 Å². The predicted octanol–water partition coefficient (Wildman–Crippen LogP) is 2.95. The molecular weight excluding hydrogens is 374 g/mol. The average molecular weight is 399 g/mol. The zero-order valence-corrected chi connectivity index (χ0v) is 16.2. The zero-order valence-electron chi connectivity index (χ0n) is 16.2. The van der Waals surface area contributed by atoms with Crippen molar-refractivity contribution in [1.29, 1.82) is 0 Å². The summed E-state index contributed by atoms with van der Waals surface area (Å²) in [6.07, 6.45) is 2.35. The van der Waals surface area contributed by atoms with Crippen LogP contribution in [0, 0.1) is 0 Å². The molecule has 1 aliphatic heterocycles. The number of benzene rings is 2. The van der Waals surface area contributed by atoms with E-state index in [2.05, 4.69) is 0 Å². The minimum absolute atomic E-state index is 0.0225. The van der Waals surface area contributed by atoms with Crippen molar-refractivity contribution in [1.82, 2.24) is 5.06 Å². The highest BCUT2D eigenvalue weighted by Gasteiger charge is 2.27. The topological polar surface area (TPSA) is 88.5 Å². The zero-order chi connectivity index (χ0) is 20.6. The summed E-state index contributed by atoms with van der Waals surface area (Å²) in [5.74, 6) is 0.704. The fourth-order valence-electron chi connectivity index (χ4n) is 2.74. The van der Waals surface area contributed by atoms with Gasteiger partial charge < -0.3 is 19.7 Å². The SMILES string of the molecule is C[C@H]1C=C[C@H](CO)ON1C(=O)OCc1ccc(OCc2ccc(CO)cc2)cc1. The third-order valence-corrected chi connectivity index (χ3v) is 4.48. The van der Waals surface area contributed by atoms with E-state index >= 15 is 0 Å². The summed E-state index contributed by atoms with van der Waals surface area (Å²) in [6, 6.07) is 14.6. The Kier molecular flexibility index (Phi) is 7.24. The second-order valence-electron chi connectivity index (χ2n) is 6.74. The highest BCUT2D eigenvalue weighted by molar-refractivity contribution is 5.67. The Labute approximate surface area is 169 Å². The highest BCUT2D eigenvalue weighted by Crippen LogP contribution is 2.18. The molecule has 2 N–H and O–H groups in total. The summed E-state index contributed by atoms with van der Waals surface area (Å²) in [5.41, 5.74) is 2.68. The smallest absolute Gasteiger partial charge is 0.434 e. The number of carbonyl (C=O) groups excluding carboxylic acids is 1. The molecule has 0 aromatic heterocycles. The van der Waals surface area contributed by atoms with Gasteiger partial charge in [0.2, 0.25) is 0 Å². The van der Waals surface area contributed by atoms with Gasteiger partial charge >= 0.3 is 6.09 Å². The Hall–Kier alpha value is -2.87. The van der Waals surface area contributed by atoms with Gasteiger partial charge in [-0.05, 0) is 35.7 Å². The number of carbonyl (C=O) groups is 1. The van der Waals surface area contributed by atoms with Crippen LogP contribution >= 0.6 is 0 Å². The molecule has 1 heterocycles. The molecule has 154 valence electrons. The first-order chi connectivity index (χ1) is 14.1. The highest BCUT2D eigenvalue weighted by atomic mass is 16.7. The Morgan fingerprint density at radius 2 is 1.59 bits per heavy atom. The molecular formula is C22H25NO6. The fourth-order valence-corrected chi connectivity index (χ4v) is 2.74. The minimum atomic E-state index is -0.605. The Bertz CT molecular complexity index is 818. The number of hydroxylamine groups is 2. The molecule has 0 saturated heterocycles. The molecule has 0 unspecified atom stereocenters. The van der Waals surface area contributed by atoms with Crippen molar-refractivity contribution >= 4 is 6.09 Å². The largest absolute Gasteiger partial charge is 0.489 e. The lowest BCUT2D eigenvalue weighted by molar-refractivity contribution is -0.188. The van der Waals surface area contributed by atoms with Crippen molar-refractivity contribution in [3.05, 3.63) is 77.4 Å². The van der Waals surface area contributed by atoms with Gasteiger partial charge in [-0.25, -0.2) is 4.79 Å². The summed E-state index contributed by atoms with van der Waals surface area (Å²) in [6.45, 7) is 2.13. The van der Waals surface area contributed by atoms with E-state index < -0.39 is 12.2 Å². The number of nitrogens with zero attached hydrogens (tertiary/aromatic N) is 1. The van der Waals surface area contributed by atoms with Crippen LogP contribution in [0.15, 0.2) is 60.7 Å². The normalized spacial score (nSPS) is 18.5. The number of amides is 1. The Balaban J connectivity index is 1.47. The molecule has 0 fully saturated rings. The van der Waals surface area contributed by atoms with E-state index in [1.54, 1.807) is 19.1 Å². The number of rotatable bonds is 7. The molecule has 3 rings (SSSR count). The molecule has 0 aliphatic carbocycles. The third-order valence-electron chi connectivity index (χ3n) is 4.48. The molecule has 0 spiro atoms. The molecule has 2 aromatic rings. The van der Waals surface area contributed by atoms with Gasteiger partial charge in [-0.2, -0.15) is 5.06 Å². The van der Waals surface area contributed by atoms with Gasteiger partial charge in [-0.15, -0.1) is 0 Å². The second kappa shape index (κ2) is 10.1. The molecule has 2 aromatic carbocycles. The maximum absolute atomic E-state index is 12.2. The average Bonchev–Trinajstić information content (AvgIpc) is 2.77. The molecule has 0 saturated carbocycles. The molecule has 1 amide bonds. The molecule has 0 radical (unpaired) electrons. The van der Waals surface area contributed by atoms with Crippen molar-refractivity contribution in [3.63, 3.8) is 0 Å². The summed E-state index contributed by atoms with van der Waals surface area (Å²) >= 11 is 0. The number of ether oxygens (including phenoxy) is 2. The van der Waals surface area contributed by atoms with E-state index in [1.165, 1.54) is 0 Å². The standard InChI is InChI=1S/C22H25NO6/c1-16-2-9-21(13-25)29-23(16)22(26)28-15-19-7-10-20(11-8-19)27-14-18-5-3-17(12-24)4-6-18/h2-11,16,21,24-25H,12-15H2,1H3/t16-,21+/m0/s1. The van der Waals surface area contributed by atoms with Gasteiger partial charge in [0.25, 0.3) is 0 Å². The number of hydrogen-bond donors (Lipinski definition) is 2. The summed E-state index contributed by atoms with van der Waals surface area (Å²) < 4.78 is 11.1. The first-order valence-electron chi connectivity index (χ1n) is 9.41. The number of aliphatic hydroxyl groups is 2. The van der Waals surface area contributed by atoms with Crippen LogP contribution in [0.3, 0.4) is 0 Å². The van der Waals surface area contributed by atoms with Crippen molar-refractivity contribution in [3.8, 4) is 5.75 Å². The van der Waals surface area contributed by atoms with Crippen LogP contribution in [0.2, 0.25) is 0 Å². The molecule has 29 heavy (non-hydrogen) atoms. The lowest BCUT2D eigenvalue weighted by atomic mass is 10.1. The van der Waals surface area contributed by atoms with Crippen LogP contribution < -0.4 is 4.74 Å². The van der Waals surface area contributed by atoms with Gasteiger partial charge in [0.15, 0.2) is 0 Å². The van der Waals surface area contributed by atoms with Gasteiger partial charge in [0.1, 0.15) is 25.1 Å². The van der Waals surface area contributed by atoms with Crippen LogP contribution in [-0.4, -0.2) is 40.1 Å². The van der Waals surface area contributed by atoms with Gasteiger partial charge in [0.05, 0.1) is 19.3 Å². The van der Waals surface area contributed by atoms with Crippen LogP contribution in [0.1, 0.15) is 23.6 Å². The van der Waals surface area contributed by atoms with Crippen molar-refractivity contribution in [2.45, 2.75) is 38.9 Å². The van der Waals surface area contributed by atoms with E-state index in [-0.39, 0.29) is 25.9 Å². The monoisotopic (exact) mass is 399 g/mol. The summed E-state index contributed by atoms with van der Waals surface area (Å²) in [4.78, 5) is 17.6. The van der Waals surface area contributed by atoms with E-state index in [0.29, 0.717) is 12.4 Å². The van der Waals surface area contributed by atoms with Crippen LogP contribution in [0.25, 0.3) is 0 Å². The summed E-state index contributed by atoms with van der Waals surface area (Å²) in [7, 11) is 0. The predicted molar refractivity (Wildman–Crippen MR) is 106 cm³/mol. The molecule has 7 heteroatoms. The first-order valence-corrected chi connectivity index (χ1v) is 9.41. The van der Waals surface area contributed by atoms with Crippen LogP contribution in [-0.2, 0) is 29.4 Å². The van der Waals surface area contributed by atoms with Gasteiger partial charge in [0, 0.05) is 0 Å². The van der Waals surface area contributed by atoms with Crippen molar-refractivity contribution in [2.75, 3.05) is 6.61 Å². The summed E-state index contributed by atoms with van der Waals surface area (Å²) in [5, 5.41) is 19.4. The maximum Gasteiger partial charge on any atom is 0.434 e. The first kappa shape index (κ1) is 20.9. The van der Waals surface area contributed by atoms with Crippen LogP contribution in [0.5, 0.6) is 5.75 Å². The number of hydrogen-bond acceptors (Lipinski definition) is 6. The van der Waals surface area contributed by atoms with E-state index in [4.69, 9.17) is 19.4 Å². The third kappa shape index (κ3) is 5.80. The van der Waals surface area contributed by atoms with Gasteiger partial charge in [-0.3, -0.25) is 4.84 Å². The lowest BCUT2D eigenvalue weighted by Gasteiger charge is -2.31. The molecule has 1 aliphatic rings. The number of aliphatic hydroxyl groups excluding tert-OH is 2. The van der Waals surface area contributed by atoms with E-state index in [9.17, 15) is 9.90 Å². The molecule has 7 nitrogen and oxygen atoms in total. The van der Waals surface area contributed by atoms with E-state index in [0.717, 1.165) is 21.8 Å². The molecule has 2 atom stereocenters. The Morgan fingerprint density at radius 3 is 2.24 bits per heavy atom. The van der Waals surface area contributed by atoms with Crippen molar-refractivity contribution in [2.24, 2.45) is 0 Å². The quantitative estimate of drug-likeness (QED) is 0.696. The maximum atomic E-state index is 12.2. The van der Waals surface area contributed by atoms with Crippen molar-refractivity contribution < 1.29 is 29.3 Å². The minimum Gasteiger partial charge on any atom is -0.489 e.